The third-order valence-corrected chi connectivity index (χ3v) is 7.56. The molecule has 4 heterocycles. The molecule has 0 aliphatic carbocycles. The number of pyridine rings is 2. The first-order valence-electron chi connectivity index (χ1n) is 12.1. The third-order valence-electron chi connectivity index (χ3n) is 6.61. The quantitative estimate of drug-likeness (QED) is 0.290. The van der Waals surface area contributed by atoms with Crippen LogP contribution in [0.4, 0.5) is 8.78 Å². The minimum atomic E-state index is -3.21. The van der Waals surface area contributed by atoms with Crippen molar-refractivity contribution < 1.29 is 17.2 Å². The van der Waals surface area contributed by atoms with Crippen LogP contribution in [0.1, 0.15) is 11.1 Å². The van der Waals surface area contributed by atoms with Gasteiger partial charge in [-0.2, -0.15) is 5.10 Å². The summed E-state index contributed by atoms with van der Waals surface area (Å²) in [5, 5.41) is 7.49. The fourth-order valence-corrected chi connectivity index (χ4v) is 5.30. The van der Waals surface area contributed by atoms with Crippen LogP contribution >= 0.6 is 0 Å². The number of imidazole rings is 1. The molecule has 2 aromatic carbocycles. The van der Waals surface area contributed by atoms with E-state index in [0.29, 0.717) is 56.0 Å². The summed E-state index contributed by atoms with van der Waals surface area (Å²) in [4.78, 5) is 16.4. The van der Waals surface area contributed by atoms with E-state index in [1.807, 2.05) is 13.0 Å². The van der Waals surface area contributed by atoms with Crippen molar-refractivity contribution in [1.29, 1.82) is 0 Å². The summed E-state index contributed by atoms with van der Waals surface area (Å²) in [6.07, 6.45) is 6.16. The number of nitrogens with zero attached hydrogens (tertiary/aromatic N) is 4. The van der Waals surface area contributed by atoms with E-state index in [0.717, 1.165) is 11.8 Å². The molecule has 0 amide bonds. The summed E-state index contributed by atoms with van der Waals surface area (Å²) in [5.41, 5.74) is 5.21. The molecule has 196 valence electrons. The van der Waals surface area contributed by atoms with Crippen LogP contribution in [-0.2, 0) is 16.3 Å². The van der Waals surface area contributed by atoms with Crippen molar-refractivity contribution in [2.75, 3.05) is 12.0 Å². The molecule has 0 saturated carbocycles. The second kappa shape index (κ2) is 9.35. The second-order valence-corrected chi connectivity index (χ2v) is 11.7. The van der Waals surface area contributed by atoms with E-state index in [9.17, 15) is 12.8 Å². The average Bonchev–Trinajstić information content (AvgIpc) is 3.52. The molecule has 39 heavy (non-hydrogen) atoms. The first-order chi connectivity index (χ1) is 18.7. The van der Waals surface area contributed by atoms with Crippen molar-refractivity contribution in [2.24, 2.45) is 0 Å². The van der Waals surface area contributed by atoms with E-state index in [2.05, 4.69) is 30.1 Å². The van der Waals surface area contributed by atoms with E-state index in [1.54, 1.807) is 42.9 Å². The maximum Gasteiger partial charge on any atom is 0.159 e. The Morgan fingerprint density at radius 3 is 2.59 bits per heavy atom. The fraction of sp³-hybridized carbons (Fsp3) is 0.143. The number of H-pyrrole nitrogens is 2. The molecule has 0 aliphatic heterocycles. The topological polar surface area (TPSA) is 117 Å². The number of aryl methyl sites for hydroxylation is 2. The number of aromatic amines is 2. The minimum Gasteiger partial charge on any atom is -0.336 e. The SMILES string of the molecule is Cc1ccncc1-c1ccc2[nH]nc(-c3nc4c(-c5cc(F)cc(CCS(C)(=O)=O)c5)nccc4[nH]3)c2c1F. The van der Waals surface area contributed by atoms with Crippen molar-refractivity contribution in [3.63, 3.8) is 0 Å². The lowest BCUT2D eigenvalue weighted by Crippen LogP contribution is -2.06. The van der Waals surface area contributed by atoms with Gasteiger partial charge in [-0.05, 0) is 66.9 Å². The molecule has 11 heteroatoms. The molecule has 4 aromatic heterocycles. The van der Waals surface area contributed by atoms with Gasteiger partial charge >= 0.3 is 0 Å². The molecular weight excluding hydrogens is 522 g/mol. The number of nitrogens with one attached hydrogen (secondary N) is 2. The molecule has 2 N–H and O–H groups in total. The highest BCUT2D eigenvalue weighted by atomic mass is 32.2. The van der Waals surface area contributed by atoms with Crippen LogP contribution in [0, 0.1) is 18.6 Å². The number of hydrogen-bond donors (Lipinski definition) is 2. The van der Waals surface area contributed by atoms with Crippen LogP contribution in [0.25, 0.3) is 55.8 Å². The van der Waals surface area contributed by atoms with Crippen LogP contribution in [0.3, 0.4) is 0 Å². The van der Waals surface area contributed by atoms with E-state index < -0.39 is 21.5 Å². The Morgan fingerprint density at radius 2 is 1.79 bits per heavy atom. The molecule has 8 nitrogen and oxygen atoms in total. The molecule has 6 rings (SSSR count). The van der Waals surface area contributed by atoms with Crippen LogP contribution in [-0.4, -0.2) is 50.6 Å². The molecule has 0 spiro atoms. The van der Waals surface area contributed by atoms with Gasteiger partial charge in [-0.3, -0.25) is 15.1 Å². The van der Waals surface area contributed by atoms with Gasteiger partial charge in [0.05, 0.1) is 27.9 Å². The van der Waals surface area contributed by atoms with Crippen molar-refractivity contribution in [3.8, 4) is 33.9 Å². The number of fused-ring (bicyclic) bond motifs is 2. The number of sulfone groups is 1. The minimum absolute atomic E-state index is 0.0988. The van der Waals surface area contributed by atoms with Crippen molar-refractivity contribution >= 4 is 31.8 Å². The second-order valence-electron chi connectivity index (χ2n) is 9.48. The zero-order valence-corrected chi connectivity index (χ0v) is 21.8. The highest BCUT2D eigenvalue weighted by Gasteiger charge is 2.21. The molecule has 6 aromatic rings. The number of benzene rings is 2. The van der Waals surface area contributed by atoms with E-state index in [1.165, 1.54) is 12.1 Å². The van der Waals surface area contributed by atoms with Crippen molar-refractivity contribution in [3.05, 3.63) is 83.8 Å². The Kier molecular flexibility index (Phi) is 5.95. The predicted molar refractivity (Wildman–Crippen MR) is 146 cm³/mol. The summed E-state index contributed by atoms with van der Waals surface area (Å²) < 4.78 is 53.7. The number of rotatable bonds is 6. The van der Waals surface area contributed by atoms with E-state index >= 15 is 4.39 Å². The molecule has 0 saturated heterocycles. The van der Waals surface area contributed by atoms with Gasteiger partial charge in [-0.15, -0.1) is 0 Å². The van der Waals surface area contributed by atoms with Gasteiger partial charge in [0.1, 0.15) is 32.7 Å². The maximum absolute atomic E-state index is 15.9. The lowest BCUT2D eigenvalue weighted by Gasteiger charge is -2.07. The highest BCUT2D eigenvalue weighted by Crippen LogP contribution is 2.35. The molecule has 0 unspecified atom stereocenters. The fourth-order valence-electron chi connectivity index (χ4n) is 4.69. The van der Waals surface area contributed by atoms with Crippen molar-refractivity contribution in [2.45, 2.75) is 13.3 Å². The molecule has 0 aliphatic rings. The zero-order valence-electron chi connectivity index (χ0n) is 21.0. The first-order valence-corrected chi connectivity index (χ1v) is 14.1. The molecular formula is C28H22F2N6O2S. The Bertz CT molecular complexity index is 2000. The van der Waals surface area contributed by atoms with Gasteiger partial charge in [0.25, 0.3) is 0 Å². The summed E-state index contributed by atoms with van der Waals surface area (Å²) >= 11 is 0. The molecule has 0 bridgehead atoms. The molecule has 0 radical (unpaired) electrons. The van der Waals surface area contributed by atoms with Gasteiger partial charge in [0.2, 0.25) is 0 Å². The largest absolute Gasteiger partial charge is 0.336 e. The van der Waals surface area contributed by atoms with E-state index in [-0.39, 0.29) is 17.6 Å². The smallest absolute Gasteiger partial charge is 0.159 e. The number of halogens is 2. The van der Waals surface area contributed by atoms with Crippen molar-refractivity contribution in [1.82, 2.24) is 30.1 Å². The standard InChI is InChI=1S/C28H22F2N6O2S/c1-15-5-8-31-14-20(15)19-3-4-21-23(24(19)30)27(36-35-21)28-33-22-6-9-32-25(26(22)34-28)17-11-16(12-18(29)13-17)7-10-39(2,37)38/h3-6,8-9,11-14H,7,10H2,1-2H3,(H,33,34)(H,35,36). The Balaban J connectivity index is 1.47. The highest BCUT2D eigenvalue weighted by molar-refractivity contribution is 7.90. The zero-order chi connectivity index (χ0) is 27.3. The van der Waals surface area contributed by atoms with Crippen LogP contribution in [0.5, 0.6) is 0 Å². The van der Waals surface area contributed by atoms with Gasteiger partial charge in [-0.25, -0.2) is 22.2 Å². The van der Waals surface area contributed by atoms with Gasteiger partial charge in [-0.1, -0.05) is 0 Å². The lowest BCUT2D eigenvalue weighted by atomic mass is 10.00. The summed E-state index contributed by atoms with van der Waals surface area (Å²) in [5.74, 6) is -0.743. The predicted octanol–water partition coefficient (Wildman–Crippen LogP) is 5.40. The molecule has 0 fully saturated rings. The van der Waals surface area contributed by atoms with E-state index in [4.69, 9.17) is 0 Å². The first kappa shape index (κ1) is 24.8. The number of aromatic nitrogens is 6. The van der Waals surface area contributed by atoms with Gasteiger partial charge < -0.3 is 4.98 Å². The monoisotopic (exact) mass is 544 g/mol. The summed E-state index contributed by atoms with van der Waals surface area (Å²) in [6.45, 7) is 1.89. The Hall–Kier alpha value is -4.51. The lowest BCUT2D eigenvalue weighted by molar-refractivity contribution is 0.600. The number of hydrogen-bond acceptors (Lipinski definition) is 6. The Labute approximate surface area is 222 Å². The Morgan fingerprint density at radius 1 is 0.949 bits per heavy atom. The van der Waals surface area contributed by atoms with Gasteiger partial charge in [0, 0.05) is 41.5 Å². The third kappa shape index (κ3) is 4.65. The van der Waals surface area contributed by atoms with Crippen LogP contribution in [0.15, 0.2) is 61.1 Å². The summed E-state index contributed by atoms with van der Waals surface area (Å²) in [6, 6.07) is 11.3. The maximum atomic E-state index is 15.9. The van der Waals surface area contributed by atoms with Gasteiger partial charge in [0.15, 0.2) is 5.82 Å². The van der Waals surface area contributed by atoms with Crippen LogP contribution in [0.2, 0.25) is 0 Å². The summed E-state index contributed by atoms with van der Waals surface area (Å²) in [7, 11) is -3.21. The normalized spacial score (nSPS) is 12.0. The van der Waals surface area contributed by atoms with Crippen LogP contribution < -0.4 is 0 Å². The average molecular weight is 545 g/mol. The molecule has 0 atom stereocenters.